The van der Waals surface area contributed by atoms with E-state index in [0.29, 0.717) is 22.5 Å². The molecule has 1 fully saturated rings. The van der Waals surface area contributed by atoms with E-state index in [-0.39, 0.29) is 17.6 Å². The molecule has 1 aromatic rings. The Labute approximate surface area is 148 Å². The van der Waals surface area contributed by atoms with E-state index in [4.69, 9.17) is 0 Å². The number of carboxylic acid groups (broad SMARTS) is 1. The first kappa shape index (κ1) is 17.4. The Morgan fingerprint density at radius 3 is 2.60 bits per heavy atom. The number of aliphatic hydroxyl groups is 1. The number of nitrogens with zero attached hydrogens (tertiary/aromatic N) is 1. The summed E-state index contributed by atoms with van der Waals surface area (Å²) in [4.78, 5) is 37.3. The molecule has 0 bridgehead atoms. The first-order chi connectivity index (χ1) is 12.0. The Kier molecular flexibility index (Phi) is 4.78. The Morgan fingerprint density at radius 2 is 2.04 bits per heavy atom. The number of aliphatic carboxylic acids is 1. The number of amides is 1. The van der Waals surface area contributed by atoms with Crippen molar-refractivity contribution in [3.8, 4) is 0 Å². The van der Waals surface area contributed by atoms with Gasteiger partial charge in [-0.05, 0) is 18.6 Å². The van der Waals surface area contributed by atoms with Crippen LogP contribution >= 0.6 is 11.8 Å². The van der Waals surface area contributed by atoms with Gasteiger partial charge >= 0.3 is 5.97 Å². The minimum Gasteiger partial charge on any atom is -0.477 e. The summed E-state index contributed by atoms with van der Waals surface area (Å²) in [6.45, 7) is 1.53. The van der Waals surface area contributed by atoms with Gasteiger partial charge in [0.25, 0.3) is 0 Å². The van der Waals surface area contributed by atoms with Crippen molar-refractivity contribution < 1.29 is 24.6 Å². The lowest BCUT2D eigenvalue weighted by Gasteiger charge is -2.44. The molecule has 0 unspecified atom stereocenters. The van der Waals surface area contributed by atoms with Crippen molar-refractivity contribution in [1.82, 2.24) is 4.90 Å². The van der Waals surface area contributed by atoms with Gasteiger partial charge in [0.2, 0.25) is 5.91 Å². The molecular formula is C18H17NO5S. The molecule has 130 valence electrons. The third-order valence-electron chi connectivity index (χ3n) is 4.40. The van der Waals surface area contributed by atoms with Crippen LogP contribution in [0.2, 0.25) is 0 Å². The lowest BCUT2D eigenvalue weighted by Crippen LogP contribution is -2.61. The second kappa shape index (κ2) is 6.85. The summed E-state index contributed by atoms with van der Waals surface area (Å²) in [6.07, 6.45) is 1.57. The zero-order chi connectivity index (χ0) is 18.1. The van der Waals surface area contributed by atoms with Crippen LogP contribution in [0.5, 0.6) is 0 Å². The summed E-state index contributed by atoms with van der Waals surface area (Å²) in [5.41, 5.74) is 0.745. The summed E-state index contributed by atoms with van der Waals surface area (Å²) in [5.74, 6) is -2.13. The molecule has 7 heteroatoms. The maximum absolute atomic E-state index is 12.2. The van der Waals surface area contributed by atoms with Crippen LogP contribution in [0.15, 0.2) is 47.0 Å². The largest absolute Gasteiger partial charge is 0.477 e. The van der Waals surface area contributed by atoms with Crippen LogP contribution in [0.3, 0.4) is 0 Å². The minimum atomic E-state index is -1.18. The number of allylic oxidation sites excluding steroid dienone is 1. The molecule has 2 aliphatic heterocycles. The molecule has 1 saturated heterocycles. The van der Waals surface area contributed by atoms with Crippen molar-refractivity contribution in [2.75, 3.05) is 0 Å². The number of carbonyl (C=O) groups is 3. The standard InChI is InChI=1S/C18H17NO5S/c1-10(21)15-12-9-14(16(18(23)24)19(12)17(15)22)25-13(7-8-20)11-5-3-2-4-6-11/h2-8,10,12,15,21H,9H2,1H3,(H,23,24)/t10-,12+,15-/m0/s1. The zero-order valence-electron chi connectivity index (χ0n) is 13.5. The minimum absolute atomic E-state index is 0.0513. The monoisotopic (exact) mass is 359 g/mol. The molecular weight excluding hydrogens is 342 g/mol. The lowest BCUT2D eigenvalue weighted by atomic mass is 9.83. The maximum atomic E-state index is 12.2. The highest BCUT2D eigenvalue weighted by molar-refractivity contribution is 8.11. The molecule has 0 aromatic heterocycles. The summed E-state index contributed by atoms with van der Waals surface area (Å²) in [6, 6.07) is 8.83. The van der Waals surface area contributed by atoms with Gasteiger partial charge in [-0.25, -0.2) is 4.79 Å². The summed E-state index contributed by atoms with van der Waals surface area (Å²) in [7, 11) is 0. The average Bonchev–Trinajstić information content (AvgIpc) is 2.89. The molecule has 2 N–H and O–H groups in total. The normalized spacial score (nSPS) is 24.0. The predicted molar refractivity (Wildman–Crippen MR) is 93.2 cm³/mol. The molecule has 0 aliphatic carbocycles. The van der Waals surface area contributed by atoms with Crippen LogP contribution in [0.1, 0.15) is 18.9 Å². The number of aliphatic hydroxyl groups excluding tert-OH is 1. The molecule has 1 amide bonds. The topological polar surface area (TPSA) is 94.9 Å². The van der Waals surface area contributed by atoms with Crippen LogP contribution in [0.25, 0.3) is 4.91 Å². The van der Waals surface area contributed by atoms with E-state index < -0.39 is 18.0 Å². The van der Waals surface area contributed by atoms with Crippen LogP contribution in [-0.4, -0.2) is 45.4 Å². The molecule has 2 heterocycles. The fourth-order valence-corrected chi connectivity index (χ4v) is 4.49. The second-order valence-corrected chi connectivity index (χ2v) is 7.09. The van der Waals surface area contributed by atoms with Crippen molar-refractivity contribution in [3.05, 3.63) is 52.6 Å². The molecule has 2 aliphatic rings. The van der Waals surface area contributed by atoms with Crippen molar-refractivity contribution in [1.29, 1.82) is 0 Å². The fourth-order valence-electron chi connectivity index (χ4n) is 3.31. The van der Waals surface area contributed by atoms with Gasteiger partial charge in [-0.2, -0.15) is 0 Å². The third kappa shape index (κ3) is 3.01. The molecule has 3 rings (SSSR count). The fraction of sp³-hybridized carbons (Fsp3) is 0.278. The Hall–Kier alpha value is -2.38. The first-order valence-corrected chi connectivity index (χ1v) is 8.63. The second-order valence-electron chi connectivity index (χ2n) is 5.96. The molecule has 3 atom stereocenters. The van der Waals surface area contributed by atoms with Gasteiger partial charge in [0.05, 0.1) is 18.1 Å². The SMILES string of the molecule is C[C@H](O)[C@@H]1C(=O)N2C(C(=O)O)=C(SC(=CC=O)c3ccccc3)C[C@H]12. The van der Waals surface area contributed by atoms with Crippen LogP contribution in [0.4, 0.5) is 0 Å². The summed E-state index contributed by atoms with van der Waals surface area (Å²) >= 11 is 1.18. The van der Waals surface area contributed by atoms with E-state index in [1.54, 1.807) is 0 Å². The van der Waals surface area contributed by atoms with Gasteiger partial charge in [-0.1, -0.05) is 42.1 Å². The third-order valence-corrected chi connectivity index (χ3v) is 5.60. The van der Waals surface area contributed by atoms with Gasteiger partial charge in [0, 0.05) is 16.2 Å². The lowest BCUT2D eigenvalue weighted by molar-refractivity contribution is -0.161. The molecule has 1 aromatic carbocycles. The number of benzene rings is 1. The van der Waals surface area contributed by atoms with Crippen molar-refractivity contribution in [2.24, 2.45) is 5.92 Å². The maximum Gasteiger partial charge on any atom is 0.353 e. The molecule has 0 radical (unpaired) electrons. The van der Waals surface area contributed by atoms with E-state index in [1.165, 1.54) is 29.7 Å². The molecule has 0 saturated carbocycles. The number of thioether (sulfide) groups is 1. The Bertz CT molecular complexity index is 784. The number of aldehydes is 1. The van der Waals surface area contributed by atoms with Gasteiger partial charge in [0.1, 0.15) is 12.0 Å². The van der Waals surface area contributed by atoms with E-state index in [0.717, 1.165) is 5.56 Å². The highest BCUT2D eigenvalue weighted by atomic mass is 32.2. The van der Waals surface area contributed by atoms with Gasteiger partial charge in [-0.15, -0.1) is 0 Å². The summed E-state index contributed by atoms with van der Waals surface area (Å²) < 4.78 is 0. The van der Waals surface area contributed by atoms with Crippen LogP contribution < -0.4 is 0 Å². The van der Waals surface area contributed by atoms with E-state index >= 15 is 0 Å². The smallest absolute Gasteiger partial charge is 0.353 e. The van der Waals surface area contributed by atoms with E-state index in [1.807, 2.05) is 30.3 Å². The summed E-state index contributed by atoms with van der Waals surface area (Å²) in [5, 5.41) is 19.3. The number of carboxylic acids is 1. The number of carbonyl (C=O) groups excluding carboxylic acids is 2. The molecule has 0 spiro atoms. The highest BCUT2D eigenvalue weighted by Gasteiger charge is 2.56. The van der Waals surface area contributed by atoms with Gasteiger partial charge < -0.3 is 15.1 Å². The zero-order valence-corrected chi connectivity index (χ0v) is 14.3. The van der Waals surface area contributed by atoms with Crippen molar-refractivity contribution in [3.63, 3.8) is 0 Å². The van der Waals surface area contributed by atoms with Crippen LogP contribution in [0, 0.1) is 5.92 Å². The quantitative estimate of drug-likeness (QED) is 0.457. The van der Waals surface area contributed by atoms with Gasteiger partial charge in [0.15, 0.2) is 0 Å². The van der Waals surface area contributed by atoms with Crippen molar-refractivity contribution >= 4 is 34.8 Å². The number of hydrogen-bond acceptors (Lipinski definition) is 5. The van der Waals surface area contributed by atoms with E-state index in [2.05, 4.69) is 0 Å². The van der Waals surface area contributed by atoms with Gasteiger partial charge in [-0.3, -0.25) is 9.59 Å². The Balaban J connectivity index is 1.93. The Morgan fingerprint density at radius 1 is 1.36 bits per heavy atom. The predicted octanol–water partition coefficient (Wildman–Crippen LogP) is 1.87. The van der Waals surface area contributed by atoms with Crippen molar-refractivity contribution in [2.45, 2.75) is 25.5 Å². The van der Waals surface area contributed by atoms with Crippen LogP contribution in [-0.2, 0) is 14.4 Å². The number of hydrogen-bond donors (Lipinski definition) is 2. The highest BCUT2D eigenvalue weighted by Crippen LogP contribution is 2.49. The first-order valence-electron chi connectivity index (χ1n) is 7.82. The number of rotatable bonds is 6. The molecule has 25 heavy (non-hydrogen) atoms. The van der Waals surface area contributed by atoms with E-state index in [9.17, 15) is 24.6 Å². The number of fused-ring (bicyclic) bond motifs is 1. The average molecular weight is 359 g/mol. The molecule has 6 nitrogen and oxygen atoms in total. The number of β-lactam (4-membered cyclic amide) rings is 1.